The second-order valence-corrected chi connectivity index (χ2v) is 19.8. The minimum absolute atomic E-state index is 0.0739. The van der Waals surface area contributed by atoms with Crippen LogP contribution in [0, 0.1) is 5.92 Å². The number of hydrogen-bond donors (Lipinski definition) is 2. The summed E-state index contributed by atoms with van der Waals surface area (Å²) in [5, 5.41) is 15.5. The molecule has 5 aromatic rings. The third kappa shape index (κ3) is 14.4. The molecular weight excluding hydrogens is 958 g/mol. The van der Waals surface area contributed by atoms with Crippen molar-refractivity contribution in [2.45, 2.75) is 96.1 Å². The van der Waals surface area contributed by atoms with E-state index in [1.165, 1.54) is 36.2 Å². The van der Waals surface area contributed by atoms with E-state index < -0.39 is 47.8 Å². The topological polar surface area (TPSA) is 172 Å². The average Bonchev–Trinajstić information content (AvgIpc) is 3.85. The predicted octanol–water partition coefficient (Wildman–Crippen LogP) is 6.89. The molecule has 2 fully saturated rings. The number of halogens is 2. The number of methoxy groups -OCH3 is 1. The molecule has 0 spiro atoms. The number of piperidine rings is 1. The molecule has 18 heteroatoms. The maximum absolute atomic E-state index is 15.1. The van der Waals surface area contributed by atoms with Gasteiger partial charge in [-0.2, -0.15) is 0 Å². The molecule has 3 heterocycles. The first-order chi connectivity index (χ1) is 34.6. The molecule has 4 aromatic carbocycles. The molecule has 2 saturated heterocycles. The van der Waals surface area contributed by atoms with Crippen LogP contribution in [0.15, 0.2) is 103 Å². The lowest BCUT2D eigenvalue weighted by atomic mass is 9.93. The lowest BCUT2D eigenvalue weighted by molar-refractivity contribution is -0.147. The van der Waals surface area contributed by atoms with E-state index in [1.807, 2.05) is 67.7 Å². The molecule has 72 heavy (non-hydrogen) atoms. The van der Waals surface area contributed by atoms with Crippen LogP contribution in [0.4, 0.5) is 0 Å². The van der Waals surface area contributed by atoms with Gasteiger partial charge in [0.05, 0.1) is 36.6 Å². The molecule has 7 rings (SSSR count). The number of nitrogens with zero attached hydrogens (tertiary/aromatic N) is 7. The Balaban J connectivity index is 1.19. The molecule has 0 aliphatic carbocycles. The van der Waals surface area contributed by atoms with Gasteiger partial charge in [-0.1, -0.05) is 83.4 Å². The molecule has 5 amide bonds. The van der Waals surface area contributed by atoms with Crippen molar-refractivity contribution in [3.8, 4) is 17.2 Å². The first kappa shape index (κ1) is 53.5. The van der Waals surface area contributed by atoms with Crippen LogP contribution in [0.2, 0.25) is 10.0 Å². The number of benzene rings is 4. The molecular formula is C54H65Cl2N9O7. The van der Waals surface area contributed by atoms with E-state index in [2.05, 4.69) is 25.8 Å². The zero-order chi connectivity index (χ0) is 51.3. The summed E-state index contributed by atoms with van der Waals surface area (Å²) in [5.41, 5.74) is 3.89. The quantitative estimate of drug-likeness (QED) is 0.127. The summed E-state index contributed by atoms with van der Waals surface area (Å²) in [4.78, 5) is 79.2. The minimum atomic E-state index is -1.20. The van der Waals surface area contributed by atoms with Crippen molar-refractivity contribution in [1.82, 2.24) is 45.2 Å². The van der Waals surface area contributed by atoms with Gasteiger partial charge in [0.15, 0.2) is 0 Å². The second kappa shape index (κ2) is 25.4. The van der Waals surface area contributed by atoms with Crippen LogP contribution >= 0.6 is 23.2 Å². The number of ether oxygens (including phenoxy) is 2. The summed E-state index contributed by atoms with van der Waals surface area (Å²) in [6.07, 6.45) is 5.75. The van der Waals surface area contributed by atoms with Crippen LogP contribution in [0.25, 0.3) is 5.69 Å². The number of carbonyl (C=O) groups is 5. The first-order valence-electron chi connectivity index (χ1n) is 24.5. The molecule has 0 unspecified atom stereocenters. The maximum atomic E-state index is 15.1. The minimum Gasteiger partial charge on any atom is -0.457 e. The SMILES string of the molecule is COC[C@@H]1NC(=O)[C@H](C)N(Cc2ccc(Cl)cc2Oc2ccc(-n3cc(CN4CCCCC4)nn3)cc2)C(=O)C[C@@H](Cc2ccccc2)C(=O)N(C)[C@@H](C)CNC(=O)C[C@H](Cc2ccc(Cl)cc2)N(C)C1=O. The number of aromatic nitrogens is 3. The summed E-state index contributed by atoms with van der Waals surface area (Å²) in [6, 6.07) is 25.5. The number of carbonyl (C=O) groups excluding carboxylic acids is 5. The van der Waals surface area contributed by atoms with Gasteiger partial charge in [0, 0.05) is 74.8 Å². The Kier molecular flexibility index (Phi) is 18.8. The first-order valence-corrected chi connectivity index (χ1v) is 25.3. The third-order valence-corrected chi connectivity index (χ3v) is 14.1. The van der Waals surface area contributed by atoms with Gasteiger partial charge in [-0.05, 0) is 112 Å². The van der Waals surface area contributed by atoms with E-state index in [0.717, 1.165) is 42.1 Å². The van der Waals surface area contributed by atoms with E-state index in [-0.39, 0.29) is 50.8 Å². The van der Waals surface area contributed by atoms with Crippen LogP contribution in [0.5, 0.6) is 11.5 Å². The van der Waals surface area contributed by atoms with E-state index in [0.29, 0.717) is 33.5 Å². The highest BCUT2D eigenvalue weighted by atomic mass is 35.5. The molecule has 2 aliphatic heterocycles. The van der Waals surface area contributed by atoms with Gasteiger partial charge < -0.3 is 34.8 Å². The van der Waals surface area contributed by atoms with Crippen LogP contribution in [0.1, 0.15) is 68.3 Å². The van der Waals surface area contributed by atoms with Crippen molar-refractivity contribution in [1.29, 1.82) is 0 Å². The maximum Gasteiger partial charge on any atom is 0.247 e. The Bertz CT molecular complexity index is 2630. The van der Waals surface area contributed by atoms with E-state index in [1.54, 1.807) is 73.1 Å². The number of likely N-dealkylation sites (N-methyl/N-ethyl adjacent to an activating group) is 2. The number of rotatable bonds is 13. The Labute approximate surface area is 431 Å². The highest BCUT2D eigenvalue weighted by molar-refractivity contribution is 6.31. The highest BCUT2D eigenvalue weighted by Gasteiger charge is 2.36. The fraction of sp³-hybridized carbons (Fsp3) is 0.426. The normalized spacial score (nSPS) is 21.5. The molecule has 2 aliphatic rings. The van der Waals surface area contributed by atoms with E-state index in [4.69, 9.17) is 32.7 Å². The molecule has 2 N–H and O–H groups in total. The molecule has 0 bridgehead atoms. The van der Waals surface area contributed by atoms with Gasteiger partial charge in [-0.15, -0.1) is 5.10 Å². The van der Waals surface area contributed by atoms with E-state index >= 15 is 4.79 Å². The van der Waals surface area contributed by atoms with Crippen molar-refractivity contribution in [2.24, 2.45) is 5.92 Å². The number of nitrogens with one attached hydrogen (secondary N) is 2. The Morgan fingerprint density at radius 3 is 2.15 bits per heavy atom. The Hall–Kier alpha value is -6.33. The summed E-state index contributed by atoms with van der Waals surface area (Å²) < 4.78 is 13.7. The largest absolute Gasteiger partial charge is 0.457 e. The molecule has 16 nitrogen and oxygen atoms in total. The Morgan fingerprint density at radius 2 is 1.44 bits per heavy atom. The number of likely N-dealkylation sites (tertiary alicyclic amines) is 1. The van der Waals surface area contributed by atoms with Gasteiger partial charge >= 0.3 is 0 Å². The van der Waals surface area contributed by atoms with Crippen molar-refractivity contribution in [2.75, 3.05) is 47.4 Å². The number of hydrogen-bond acceptors (Lipinski definition) is 10. The monoisotopic (exact) mass is 1020 g/mol. The van der Waals surface area contributed by atoms with E-state index in [9.17, 15) is 19.2 Å². The summed E-state index contributed by atoms with van der Waals surface area (Å²) in [7, 11) is 4.66. The van der Waals surface area contributed by atoms with Gasteiger partial charge in [0.2, 0.25) is 29.5 Å². The lowest BCUT2D eigenvalue weighted by Gasteiger charge is -2.35. The standard InChI is InChI=1S/C54H65Cl2N9O7/c1-36-31-57-50(66)30-46(27-39-14-17-42(55)18-15-39)62(4)54(70)48(35-71-5)58-52(68)37(2)64(51(67)28-41(53(69)61(36)3)26-38-12-8-6-9-13-38)32-40-16-19-43(56)29-49(40)72-47-22-20-45(21-23-47)65-34-44(59-60-65)33-63-24-10-7-11-25-63/h6,8-9,12-23,29,34,36-37,41,46,48H,7,10-11,24-28,30-33,35H2,1-5H3,(H,57,66)(H,58,68)/t36-,37-,41+,46-,48-/m0/s1. The molecule has 1 aromatic heterocycles. The smallest absolute Gasteiger partial charge is 0.247 e. The summed E-state index contributed by atoms with van der Waals surface area (Å²) >= 11 is 12.8. The zero-order valence-corrected chi connectivity index (χ0v) is 43.2. The van der Waals surface area contributed by atoms with Crippen molar-refractivity contribution >= 4 is 52.7 Å². The molecule has 5 atom stereocenters. The van der Waals surface area contributed by atoms with Crippen molar-refractivity contribution in [3.63, 3.8) is 0 Å². The van der Waals surface area contributed by atoms with Crippen molar-refractivity contribution in [3.05, 3.63) is 136 Å². The van der Waals surface area contributed by atoms with Gasteiger partial charge in [0.25, 0.3) is 0 Å². The molecule has 382 valence electrons. The van der Waals surface area contributed by atoms with Gasteiger partial charge in [-0.25, -0.2) is 4.68 Å². The second-order valence-electron chi connectivity index (χ2n) is 18.9. The van der Waals surface area contributed by atoms with Gasteiger partial charge in [-0.3, -0.25) is 28.9 Å². The fourth-order valence-electron chi connectivity index (χ4n) is 9.12. The molecule has 0 radical (unpaired) electrons. The number of amides is 5. The lowest BCUT2D eigenvalue weighted by Crippen LogP contribution is -2.57. The Morgan fingerprint density at radius 1 is 0.750 bits per heavy atom. The third-order valence-electron chi connectivity index (χ3n) is 13.6. The highest BCUT2D eigenvalue weighted by Crippen LogP contribution is 2.32. The van der Waals surface area contributed by atoms with Crippen LogP contribution in [0.3, 0.4) is 0 Å². The van der Waals surface area contributed by atoms with Crippen LogP contribution in [-0.2, 0) is 54.6 Å². The summed E-state index contributed by atoms with van der Waals surface area (Å²) in [5.74, 6) is -2.30. The molecule has 0 saturated carbocycles. The van der Waals surface area contributed by atoms with Crippen molar-refractivity contribution < 1.29 is 33.4 Å². The zero-order valence-electron chi connectivity index (χ0n) is 41.6. The fourth-order valence-corrected chi connectivity index (χ4v) is 9.41. The predicted molar refractivity (Wildman–Crippen MR) is 276 cm³/mol. The van der Waals surface area contributed by atoms with Crippen LogP contribution in [-0.4, -0.2) is 136 Å². The van der Waals surface area contributed by atoms with Crippen LogP contribution < -0.4 is 15.4 Å². The average molecular weight is 1020 g/mol. The summed E-state index contributed by atoms with van der Waals surface area (Å²) in [6.45, 7) is 6.04. The van der Waals surface area contributed by atoms with Gasteiger partial charge in [0.1, 0.15) is 23.6 Å².